The highest BCUT2D eigenvalue weighted by Gasteiger charge is 2.17. The van der Waals surface area contributed by atoms with Gasteiger partial charge in [-0.1, -0.05) is 19.9 Å². The zero-order chi connectivity index (χ0) is 19.6. The number of piperazine rings is 1. The van der Waals surface area contributed by atoms with Gasteiger partial charge in [0.25, 0.3) is 0 Å². The Morgan fingerprint density at radius 2 is 1.96 bits per heavy atom. The van der Waals surface area contributed by atoms with E-state index in [-0.39, 0.29) is 5.91 Å². The van der Waals surface area contributed by atoms with Crippen LogP contribution in [0.15, 0.2) is 24.3 Å². The first-order valence-corrected chi connectivity index (χ1v) is 10.1. The first-order chi connectivity index (χ1) is 12.9. The molecule has 6 heteroatoms. The number of carbonyl (C=O) groups is 1. The lowest BCUT2D eigenvalue weighted by atomic mass is 10.2. The number of nitrogens with zero attached hydrogens (tertiary/aromatic N) is 3. The van der Waals surface area contributed by atoms with Crippen molar-refractivity contribution in [3.8, 4) is 0 Å². The van der Waals surface area contributed by atoms with Crippen LogP contribution in [-0.2, 0) is 9.63 Å². The number of unbranched alkanes of at least 4 members (excludes halogenated alkanes) is 1. The number of carbonyl (C=O) groups excluding carboxylic acids is 1. The van der Waals surface area contributed by atoms with E-state index in [4.69, 9.17) is 4.84 Å². The van der Waals surface area contributed by atoms with Crippen molar-refractivity contribution in [1.29, 1.82) is 0 Å². The highest BCUT2D eigenvalue weighted by atomic mass is 16.7. The lowest BCUT2D eigenvalue weighted by Gasteiger charge is -2.36. The Morgan fingerprint density at radius 3 is 2.63 bits per heavy atom. The highest BCUT2D eigenvalue weighted by Crippen LogP contribution is 2.21. The Morgan fingerprint density at radius 1 is 1.22 bits per heavy atom. The van der Waals surface area contributed by atoms with Crippen LogP contribution in [0.4, 0.5) is 11.4 Å². The molecule has 6 nitrogen and oxygen atoms in total. The summed E-state index contributed by atoms with van der Waals surface area (Å²) in [7, 11) is 2.02. The van der Waals surface area contributed by atoms with Crippen LogP contribution in [0.2, 0.25) is 0 Å². The minimum atomic E-state index is -0.0304. The van der Waals surface area contributed by atoms with Gasteiger partial charge in [0.15, 0.2) is 0 Å². The summed E-state index contributed by atoms with van der Waals surface area (Å²) in [6.07, 6.45) is 2.36. The van der Waals surface area contributed by atoms with Gasteiger partial charge in [-0.3, -0.25) is 14.5 Å². The number of hydrogen-bond acceptors (Lipinski definition) is 5. The zero-order valence-electron chi connectivity index (χ0n) is 17.4. The van der Waals surface area contributed by atoms with Crippen LogP contribution in [0.3, 0.4) is 0 Å². The molecule has 1 heterocycles. The molecular weight excluding hydrogens is 340 g/mol. The smallest absolute Gasteiger partial charge is 0.221 e. The van der Waals surface area contributed by atoms with E-state index in [1.54, 1.807) is 6.92 Å². The van der Waals surface area contributed by atoms with Gasteiger partial charge >= 0.3 is 0 Å². The van der Waals surface area contributed by atoms with Gasteiger partial charge in [-0.25, -0.2) is 0 Å². The van der Waals surface area contributed by atoms with Crippen molar-refractivity contribution in [3.63, 3.8) is 0 Å². The number of rotatable bonds is 10. The third-order valence-corrected chi connectivity index (χ3v) is 4.73. The van der Waals surface area contributed by atoms with E-state index < -0.39 is 0 Å². The Hall–Kier alpha value is -1.63. The minimum Gasteiger partial charge on any atom is -0.369 e. The summed E-state index contributed by atoms with van der Waals surface area (Å²) in [6.45, 7) is 13.0. The SMILES string of the molecule is CC(=O)Nc1cccc(N2CCN(CCCCN(C)OCC(C)C)CC2)c1. The van der Waals surface area contributed by atoms with Crippen LogP contribution in [-0.4, -0.2) is 68.8 Å². The van der Waals surface area contributed by atoms with E-state index >= 15 is 0 Å². The predicted molar refractivity (Wildman–Crippen MR) is 112 cm³/mol. The van der Waals surface area contributed by atoms with E-state index in [0.717, 1.165) is 58.0 Å². The molecule has 2 rings (SSSR count). The summed E-state index contributed by atoms with van der Waals surface area (Å²) >= 11 is 0. The number of hydrogen-bond donors (Lipinski definition) is 1. The normalized spacial score (nSPS) is 15.6. The molecule has 0 atom stereocenters. The summed E-state index contributed by atoms with van der Waals surface area (Å²) in [5.74, 6) is 0.542. The van der Waals surface area contributed by atoms with E-state index in [2.05, 4.69) is 41.1 Å². The Bertz CT molecular complexity index is 571. The second-order valence-corrected chi connectivity index (χ2v) is 7.81. The van der Waals surface area contributed by atoms with Gasteiger partial charge in [0.2, 0.25) is 5.91 Å². The van der Waals surface area contributed by atoms with E-state index in [1.807, 2.05) is 24.2 Å². The molecule has 1 aliphatic heterocycles. The maximum absolute atomic E-state index is 11.2. The van der Waals surface area contributed by atoms with Crippen molar-refractivity contribution >= 4 is 17.3 Å². The van der Waals surface area contributed by atoms with Crippen LogP contribution in [0.25, 0.3) is 0 Å². The standard InChI is InChI=1S/C21H36N4O2/c1-18(2)17-27-23(4)10-5-6-11-24-12-14-25(15-13-24)21-9-7-8-20(16-21)22-19(3)26/h7-9,16,18H,5-6,10-15,17H2,1-4H3,(H,22,26). The second kappa shape index (κ2) is 11.3. The first kappa shape index (κ1) is 21.7. The van der Waals surface area contributed by atoms with Crippen molar-refractivity contribution in [2.45, 2.75) is 33.6 Å². The largest absolute Gasteiger partial charge is 0.369 e. The molecule has 1 aromatic rings. The third-order valence-electron chi connectivity index (χ3n) is 4.73. The second-order valence-electron chi connectivity index (χ2n) is 7.81. The fourth-order valence-corrected chi connectivity index (χ4v) is 3.22. The highest BCUT2D eigenvalue weighted by molar-refractivity contribution is 5.89. The molecule has 0 bridgehead atoms. The van der Waals surface area contributed by atoms with Crippen LogP contribution < -0.4 is 10.2 Å². The third kappa shape index (κ3) is 8.28. The van der Waals surface area contributed by atoms with Crippen molar-refractivity contribution < 1.29 is 9.63 Å². The molecule has 152 valence electrons. The molecule has 0 unspecified atom stereocenters. The van der Waals surface area contributed by atoms with E-state index in [1.165, 1.54) is 12.1 Å². The monoisotopic (exact) mass is 376 g/mol. The molecule has 27 heavy (non-hydrogen) atoms. The Balaban J connectivity index is 1.65. The first-order valence-electron chi connectivity index (χ1n) is 10.1. The van der Waals surface area contributed by atoms with Crippen LogP contribution in [0.5, 0.6) is 0 Å². The van der Waals surface area contributed by atoms with Crippen LogP contribution in [0, 0.1) is 5.92 Å². The molecular formula is C21H36N4O2. The maximum Gasteiger partial charge on any atom is 0.221 e. The van der Waals surface area contributed by atoms with Crippen molar-refractivity contribution in [1.82, 2.24) is 9.96 Å². The van der Waals surface area contributed by atoms with Gasteiger partial charge in [-0.15, -0.1) is 0 Å². The van der Waals surface area contributed by atoms with Crippen LogP contribution >= 0.6 is 0 Å². The summed E-state index contributed by atoms with van der Waals surface area (Å²) in [4.78, 5) is 21.9. The zero-order valence-corrected chi connectivity index (χ0v) is 17.4. The van der Waals surface area contributed by atoms with E-state index in [0.29, 0.717) is 5.92 Å². The maximum atomic E-state index is 11.2. The Labute approximate surface area is 164 Å². The Kier molecular flexibility index (Phi) is 9.04. The summed E-state index contributed by atoms with van der Waals surface area (Å²) in [5, 5.41) is 4.83. The topological polar surface area (TPSA) is 48.1 Å². The molecule has 0 aliphatic carbocycles. The fourth-order valence-electron chi connectivity index (χ4n) is 3.22. The molecule has 1 aliphatic rings. The minimum absolute atomic E-state index is 0.0304. The number of hydroxylamine groups is 2. The summed E-state index contributed by atoms with van der Waals surface area (Å²) in [6, 6.07) is 8.12. The average molecular weight is 377 g/mol. The van der Waals surface area contributed by atoms with Gasteiger partial charge in [-0.2, -0.15) is 5.06 Å². The van der Waals surface area contributed by atoms with Gasteiger partial charge in [-0.05, 0) is 43.5 Å². The molecule has 1 amide bonds. The van der Waals surface area contributed by atoms with Crippen molar-refractivity contribution in [3.05, 3.63) is 24.3 Å². The molecule has 0 radical (unpaired) electrons. The molecule has 1 aromatic carbocycles. The molecule has 1 N–H and O–H groups in total. The van der Waals surface area contributed by atoms with Gasteiger partial charge in [0, 0.05) is 58.1 Å². The average Bonchev–Trinajstić information content (AvgIpc) is 2.64. The number of benzene rings is 1. The molecule has 0 saturated carbocycles. The summed E-state index contributed by atoms with van der Waals surface area (Å²) < 4.78 is 0. The van der Waals surface area contributed by atoms with E-state index in [9.17, 15) is 4.79 Å². The number of nitrogens with one attached hydrogen (secondary N) is 1. The number of anilines is 2. The lowest BCUT2D eigenvalue weighted by Crippen LogP contribution is -2.46. The lowest BCUT2D eigenvalue weighted by molar-refractivity contribution is -0.148. The van der Waals surface area contributed by atoms with Gasteiger partial charge in [0.1, 0.15) is 0 Å². The molecule has 1 fully saturated rings. The van der Waals surface area contributed by atoms with Crippen LogP contribution in [0.1, 0.15) is 33.6 Å². The predicted octanol–water partition coefficient (Wildman–Crippen LogP) is 3.07. The fraction of sp³-hybridized carbons (Fsp3) is 0.667. The number of amides is 1. The van der Waals surface area contributed by atoms with Gasteiger partial charge in [0.05, 0.1) is 6.61 Å². The quantitative estimate of drug-likeness (QED) is 0.502. The summed E-state index contributed by atoms with van der Waals surface area (Å²) in [5.41, 5.74) is 2.05. The molecule has 0 spiro atoms. The molecule has 1 saturated heterocycles. The molecule has 0 aromatic heterocycles. The van der Waals surface area contributed by atoms with Crippen molar-refractivity contribution in [2.75, 3.05) is 63.1 Å². The van der Waals surface area contributed by atoms with Gasteiger partial charge < -0.3 is 10.2 Å². The van der Waals surface area contributed by atoms with Crippen molar-refractivity contribution in [2.24, 2.45) is 5.92 Å².